The third-order valence-corrected chi connectivity index (χ3v) is 6.46. The van der Waals surface area contributed by atoms with Crippen LogP contribution in [0.4, 0.5) is 5.69 Å². The van der Waals surface area contributed by atoms with Crippen LogP contribution in [-0.4, -0.2) is 15.5 Å². The molecule has 1 aliphatic rings. The zero-order valence-electron chi connectivity index (χ0n) is 19.2. The van der Waals surface area contributed by atoms with E-state index in [2.05, 4.69) is 23.3 Å². The van der Waals surface area contributed by atoms with Crippen LogP contribution < -0.4 is 5.01 Å². The fraction of sp³-hybridized carbons (Fsp3) is 0.103. The molecule has 0 spiro atoms. The smallest absolute Gasteiger partial charge is 0.154 e. The third kappa shape index (κ3) is 4.15. The first kappa shape index (κ1) is 21.4. The molecule has 0 saturated heterocycles. The maximum atomic E-state index is 6.15. The molecule has 6 rings (SSSR count). The Bertz CT molecular complexity index is 1490. The SMILES string of the molecule is Cc1ccc(-c2nn(-c3ccccc3)cc2[C@H]2CC(c3ccc(Cl)cc3)=NN2c2ccccc2)o1. The van der Waals surface area contributed by atoms with E-state index in [1.165, 1.54) is 0 Å². The van der Waals surface area contributed by atoms with Gasteiger partial charge in [-0.15, -0.1) is 0 Å². The summed E-state index contributed by atoms with van der Waals surface area (Å²) in [6.07, 6.45) is 2.83. The van der Waals surface area contributed by atoms with E-state index >= 15 is 0 Å². The fourth-order valence-corrected chi connectivity index (χ4v) is 4.61. The van der Waals surface area contributed by atoms with Crippen LogP contribution in [0, 0.1) is 6.92 Å². The second-order valence-corrected chi connectivity index (χ2v) is 9.01. The Morgan fingerprint density at radius 1 is 0.829 bits per heavy atom. The quantitative estimate of drug-likeness (QED) is 0.263. The van der Waals surface area contributed by atoms with Gasteiger partial charge >= 0.3 is 0 Å². The van der Waals surface area contributed by atoms with E-state index in [1.807, 2.05) is 96.5 Å². The molecule has 172 valence electrons. The van der Waals surface area contributed by atoms with Crippen molar-refractivity contribution in [2.75, 3.05) is 5.01 Å². The first-order valence-corrected chi connectivity index (χ1v) is 11.9. The molecule has 5 nitrogen and oxygen atoms in total. The van der Waals surface area contributed by atoms with Gasteiger partial charge in [0, 0.05) is 23.2 Å². The minimum atomic E-state index is -0.0547. The van der Waals surface area contributed by atoms with Crippen LogP contribution in [0.2, 0.25) is 5.02 Å². The minimum absolute atomic E-state index is 0.0547. The number of furan rings is 1. The molecule has 3 heterocycles. The van der Waals surface area contributed by atoms with E-state index < -0.39 is 0 Å². The van der Waals surface area contributed by atoms with Crippen LogP contribution in [0.3, 0.4) is 0 Å². The van der Waals surface area contributed by atoms with E-state index in [1.54, 1.807) is 0 Å². The van der Waals surface area contributed by atoms with Gasteiger partial charge in [-0.05, 0) is 61.0 Å². The van der Waals surface area contributed by atoms with Crippen LogP contribution in [0.25, 0.3) is 17.1 Å². The second-order valence-electron chi connectivity index (χ2n) is 8.58. The van der Waals surface area contributed by atoms with E-state index in [9.17, 15) is 0 Å². The van der Waals surface area contributed by atoms with Gasteiger partial charge in [-0.3, -0.25) is 5.01 Å². The Hall–Kier alpha value is -4.09. The van der Waals surface area contributed by atoms with Crippen molar-refractivity contribution in [1.82, 2.24) is 9.78 Å². The normalized spacial score (nSPS) is 15.4. The number of aromatic nitrogens is 2. The Kier molecular flexibility index (Phi) is 5.47. The van der Waals surface area contributed by atoms with E-state index in [0.29, 0.717) is 5.02 Å². The molecule has 0 aliphatic carbocycles. The van der Waals surface area contributed by atoms with Gasteiger partial charge in [0.15, 0.2) is 5.76 Å². The number of hydrogen-bond acceptors (Lipinski definition) is 4. The van der Waals surface area contributed by atoms with Crippen LogP contribution >= 0.6 is 11.6 Å². The highest BCUT2D eigenvalue weighted by Crippen LogP contribution is 2.41. The zero-order chi connectivity index (χ0) is 23.8. The molecule has 3 aromatic carbocycles. The van der Waals surface area contributed by atoms with Gasteiger partial charge in [0.05, 0.1) is 23.1 Å². The first-order valence-electron chi connectivity index (χ1n) is 11.6. The average molecular weight is 479 g/mol. The van der Waals surface area contributed by atoms with E-state index in [-0.39, 0.29) is 6.04 Å². The Labute approximate surface area is 208 Å². The molecular formula is C29H23ClN4O. The predicted molar refractivity (Wildman–Crippen MR) is 140 cm³/mol. The summed E-state index contributed by atoms with van der Waals surface area (Å²) in [4.78, 5) is 0. The number of nitrogens with zero attached hydrogens (tertiary/aromatic N) is 4. The number of anilines is 1. The van der Waals surface area contributed by atoms with Gasteiger partial charge in [-0.1, -0.05) is 60.1 Å². The molecule has 1 aliphatic heterocycles. The number of rotatable bonds is 5. The van der Waals surface area contributed by atoms with Crippen LogP contribution in [0.15, 0.2) is 113 Å². The first-order chi connectivity index (χ1) is 17.2. The van der Waals surface area contributed by atoms with Crippen molar-refractivity contribution in [3.05, 3.63) is 125 Å². The Balaban J connectivity index is 1.49. The number of para-hydroxylation sites is 2. The van der Waals surface area contributed by atoms with Crippen LogP contribution in [0.5, 0.6) is 0 Å². The van der Waals surface area contributed by atoms with Crippen molar-refractivity contribution in [1.29, 1.82) is 0 Å². The highest BCUT2D eigenvalue weighted by atomic mass is 35.5. The van der Waals surface area contributed by atoms with Crippen molar-refractivity contribution in [3.8, 4) is 17.1 Å². The fourth-order valence-electron chi connectivity index (χ4n) is 4.49. The number of halogens is 1. The highest BCUT2D eigenvalue weighted by Gasteiger charge is 2.34. The molecule has 0 saturated carbocycles. The summed E-state index contributed by atoms with van der Waals surface area (Å²) in [6, 6.07) is 32.1. The summed E-state index contributed by atoms with van der Waals surface area (Å²) in [5, 5.41) is 12.9. The standard InChI is InChI=1S/C29H23ClN4O/c1-20-12-17-28(35-20)29-25(19-33(32-29)23-8-4-2-5-9-23)27-18-26(21-13-15-22(30)16-14-21)31-34(27)24-10-6-3-7-11-24/h2-17,19,27H,18H2,1H3/t27-/m1/s1. The number of hydrogen-bond donors (Lipinski definition) is 0. The highest BCUT2D eigenvalue weighted by molar-refractivity contribution is 6.30. The second kappa shape index (κ2) is 8.93. The topological polar surface area (TPSA) is 46.6 Å². The van der Waals surface area contributed by atoms with E-state index in [4.69, 9.17) is 26.2 Å². The summed E-state index contributed by atoms with van der Waals surface area (Å²) in [7, 11) is 0. The largest absolute Gasteiger partial charge is 0.460 e. The van der Waals surface area contributed by atoms with Crippen LogP contribution in [-0.2, 0) is 0 Å². The van der Waals surface area contributed by atoms with Gasteiger partial charge in [0.25, 0.3) is 0 Å². The molecule has 1 atom stereocenters. The molecule has 0 unspecified atom stereocenters. The number of aryl methyl sites for hydroxylation is 1. The maximum Gasteiger partial charge on any atom is 0.154 e. The molecule has 0 N–H and O–H groups in total. The average Bonchev–Trinajstić information content (AvgIpc) is 3.63. The lowest BCUT2D eigenvalue weighted by Gasteiger charge is -2.23. The lowest BCUT2D eigenvalue weighted by Crippen LogP contribution is -2.18. The number of benzene rings is 3. The molecule has 2 aromatic heterocycles. The zero-order valence-corrected chi connectivity index (χ0v) is 19.9. The molecular weight excluding hydrogens is 456 g/mol. The summed E-state index contributed by atoms with van der Waals surface area (Å²) < 4.78 is 7.96. The van der Waals surface area contributed by atoms with Gasteiger partial charge in [-0.2, -0.15) is 10.2 Å². The summed E-state index contributed by atoms with van der Waals surface area (Å²) in [6.45, 7) is 1.95. The minimum Gasteiger partial charge on any atom is -0.460 e. The monoisotopic (exact) mass is 478 g/mol. The number of hydrazone groups is 1. The third-order valence-electron chi connectivity index (χ3n) is 6.20. The van der Waals surface area contributed by atoms with Crippen molar-refractivity contribution in [2.45, 2.75) is 19.4 Å². The van der Waals surface area contributed by atoms with Crippen molar-refractivity contribution >= 4 is 23.0 Å². The molecule has 6 heteroatoms. The molecule has 0 fully saturated rings. The van der Waals surface area contributed by atoms with Gasteiger partial charge in [0.1, 0.15) is 11.5 Å². The van der Waals surface area contributed by atoms with Crippen molar-refractivity contribution in [3.63, 3.8) is 0 Å². The van der Waals surface area contributed by atoms with Crippen molar-refractivity contribution < 1.29 is 4.42 Å². The summed E-state index contributed by atoms with van der Waals surface area (Å²) in [5.41, 5.74) is 5.95. The summed E-state index contributed by atoms with van der Waals surface area (Å²) >= 11 is 6.15. The van der Waals surface area contributed by atoms with Crippen LogP contribution in [0.1, 0.15) is 29.3 Å². The molecule has 0 bridgehead atoms. The summed E-state index contributed by atoms with van der Waals surface area (Å²) in [5.74, 6) is 1.60. The molecule has 0 radical (unpaired) electrons. The predicted octanol–water partition coefficient (Wildman–Crippen LogP) is 7.45. The Morgan fingerprint density at radius 2 is 1.51 bits per heavy atom. The van der Waals surface area contributed by atoms with Gasteiger partial charge in [-0.25, -0.2) is 4.68 Å². The van der Waals surface area contributed by atoms with Gasteiger partial charge < -0.3 is 4.42 Å². The lowest BCUT2D eigenvalue weighted by molar-refractivity contribution is 0.544. The molecule has 35 heavy (non-hydrogen) atoms. The molecule has 0 amide bonds. The Morgan fingerprint density at radius 3 is 2.17 bits per heavy atom. The maximum absolute atomic E-state index is 6.15. The van der Waals surface area contributed by atoms with Crippen molar-refractivity contribution in [2.24, 2.45) is 5.10 Å². The van der Waals surface area contributed by atoms with Gasteiger partial charge in [0.2, 0.25) is 0 Å². The lowest BCUT2D eigenvalue weighted by atomic mass is 9.98. The molecule has 5 aromatic rings. The van der Waals surface area contributed by atoms with E-state index in [0.717, 1.165) is 51.8 Å².